The molecule has 1 rings (SSSR count). The molecular formula is C9H12BrNO2S. The molecule has 0 saturated carbocycles. The molecule has 0 aliphatic rings. The summed E-state index contributed by atoms with van der Waals surface area (Å²) in [6.45, 7) is 4.16. The van der Waals surface area contributed by atoms with Gasteiger partial charge >= 0.3 is 5.97 Å². The number of carbonyl (C=O) groups excluding carboxylic acids is 1. The predicted molar refractivity (Wildman–Crippen MR) is 62.3 cm³/mol. The van der Waals surface area contributed by atoms with Gasteiger partial charge < -0.3 is 10.1 Å². The largest absolute Gasteiger partial charge is 0.462 e. The molecule has 0 aromatic carbocycles. The second-order valence-corrected chi connectivity index (χ2v) is 4.66. The van der Waals surface area contributed by atoms with Crippen molar-refractivity contribution in [3.05, 3.63) is 14.2 Å². The minimum Gasteiger partial charge on any atom is -0.462 e. The molecule has 5 heteroatoms. The Labute approximate surface area is 95.6 Å². The summed E-state index contributed by atoms with van der Waals surface area (Å²) in [6.07, 6.45) is 0. The van der Waals surface area contributed by atoms with Gasteiger partial charge in [0, 0.05) is 11.9 Å². The van der Waals surface area contributed by atoms with Crippen LogP contribution in [0.1, 0.15) is 21.5 Å². The molecule has 0 unspecified atom stereocenters. The molecule has 0 atom stereocenters. The van der Waals surface area contributed by atoms with Crippen molar-refractivity contribution >= 4 is 38.9 Å². The summed E-state index contributed by atoms with van der Waals surface area (Å²) in [6, 6.07) is 0. The maximum absolute atomic E-state index is 11.5. The van der Waals surface area contributed by atoms with Crippen molar-refractivity contribution in [1.82, 2.24) is 0 Å². The van der Waals surface area contributed by atoms with Crippen LogP contribution in [0.15, 0.2) is 4.47 Å². The van der Waals surface area contributed by atoms with Crippen molar-refractivity contribution < 1.29 is 9.53 Å². The number of ether oxygens (including phenoxy) is 1. The number of thiophene rings is 1. The van der Waals surface area contributed by atoms with Gasteiger partial charge in [-0.05, 0) is 29.8 Å². The molecule has 0 bridgehead atoms. The lowest BCUT2D eigenvalue weighted by atomic mass is 10.3. The minimum atomic E-state index is -0.269. The van der Waals surface area contributed by atoms with Gasteiger partial charge in [0.25, 0.3) is 0 Å². The second kappa shape index (κ2) is 4.79. The van der Waals surface area contributed by atoms with Gasteiger partial charge in [0.05, 0.1) is 16.8 Å². The van der Waals surface area contributed by atoms with Gasteiger partial charge in [-0.25, -0.2) is 4.79 Å². The third-order valence-electron chi connectivity index (χ3n) is 1.74. The van der Waals surface area contributed by atoms with E-state index in [1.54, 1.807) is 6.92 Å². The highest BCUT2D eigenvalue weighted by Crippen LogP contribution is 2.37. The van der Waals surface area contributed by atoms with Crippen LogP contribution in [0.25, 0.3) is 0 Å². The number of anilines is 1. The van der Waals surface area contributed by atoms with Crippen molar-refractivity contribution in [2.45, 2.75) is 13.8 Å². The van der Waals surface area contributed by atoms with Gasteiger partial charge in [0.2, 0.25) is 0 Å². The lowest BCUT2D eigenvalue weighted by molar-refractivity contribution is 0.0531. The summed E-state index contributed by atoms with van der Waals surface area (Å²) in [5.41, 5.74) is 0.957. The first-order valence-electron chi connectivity index (χ1n) is 4.25. The van der Waals surface area contributed by atoms with Gasteiger partial charge in [-0.1, -0.05) is 0 Å². The summed E-state index contributed by atoms with van der Waals surface area (Å²) in [7, 11) is 1.83. The fourth-order valence-electron chi connectivity index (χ4n) is 1.13. The SMILES string of the molecule is CCOC(=O)c1sc(C)c(NC)c1Br. The monoisotopic (exact) mass is 277 g/mol. The molecule has 0 fully saturated rings. The van der Waals surface area contributed by atoms with Crippen molar-refractivity contribution in [2.24, 2.45) is 0 Å². The molecule has 0 aliphatic carbocycles. The van der Waals surface area contributed by atoms with E-state index in [4.69, 9.17) is 4.74 Å². The number of nitrogens with one attached hydrogen (secondary N) is 1. The van der Waals surface area contributed by atoms with E-state index in [1.165, 1.54) is 11.3 Å². The molecule has 1 heterocycles. The molecule has 3 nitrogen and oxygen atoms in total. The molecule has 0 radical (unpaired) electrons. The quantitative estimate of drug-likeness (QED) is 0.864. The lowest BCUT2D eigenvalue weighted by Crippen LogP contribution is -2.02. The summed E-state index contributed by atoms with van der Waals surface area (Å²) < 4.78 is 5.73. The highest BCUT2D eigenvalue weighted by Gasteiger charge is 2.19. The Morgan fingerprint density at radius 2 is 2.29 bits per heavy atom. The maximum Gasteiger partial charge on any atom is 0.349 e. The number of carbonyl (C=O) groups is 1. The van der Waals surface area contributed by atoms with Gasteiger partial charge in [-0.15, -0.1) is 11.3 Å². The fourth-order valence-corrected chi connectivity index (χ4v) is 3.11. The van der Waals surface area contributed by atoms with Gasteiger partial charge in [0.15, 0.2) is 0 Å². The molecule has 0 spiro atoms. The Hall–Kier alpha value is -0.550. The Morgan fingerprint density at radius 1 is 1.64 bits per heavy atom. The van der Waals surface area contributed by atoms with Gasteiger partial charge in [-0.3, -0.25) is 0 Å². The smallest absolute Gasteiger partial charge is 0.349 e. The number of esters is 1. The Balaban J connectivity index is 3.04. The van der Waals surface area contributed by atoms with Crippen LogP contribution in [0.2, 0.25) is 0 Å². The van der Waals surface area contributed by atoms with Crippen LogP contribution in [0.4, 0.5) is 5.69 Å². The van der Waals surface area contributed by atoms with Crippen LogP contribution in [0.5, 0.6) is 0 Å². The van der Waals surface area contributed by atoms with Crippen LogP contribution < -0.4 is 5.32 Å². The van der Waals surface area contributed by atoms with E-state index in [0.29, 0.717) is 11.5 Å². The Kier molecular flexibility index (Phi) is 3.95. The highest BCUT2D eigenvalue weighted by atomic mass is 79.9. The molecule has 0 saturated heterocycles. The van der Waals surface area contributed by atoms with E-state index < -0.39 is 0 Å². The second-order valence-electron chi connectivity index (χ2n) is 2.65. The normalized spacial score (nSPS) is 10.0. The molecule has 1 aromatic heterocycles. The highest BCUT2D eigenvalue weighted by molar-refractivity contribution is 9.10. The van der Waals surface area contributed by atoms with E-state index in [0.717, 1.165) is 15.0 Å². The Bertz CT molecular complexity index is 349. The third-order valence-corrected chi connectivity index (χ3v) is 3.88. The van der Waals surface area contributed by atoms with Crippen LogP contribution in [-0.4, -0.2) is 19.6 Å². The van der Waals surface area contributed by atoms with E-state index in [1.807, 2.05) is 14.0 Å². The first-order valence-corrected chi connectivity index (χ1v) is 5.86. The zero-order chi connectivity index (χ0) is 10.7. The van der Waals surface area contributed by atoms with Crippen LogP contribution in [0.3, 0.4) is 0 Å². The number of rotatable bonds is 3. The van der Waals surface area contributed by atoms with E-state index in [9.17, 15) is 4.79 Å². The average Bonchev–Trinajstić information content (AvgIpc) is 2.42. The minimum absolute atomic E-state index is 0.269. The third kappa shape index (κ3) is 2.09. The first kappa shape index (κ1) is 11.5. The van der Waals surface area contributed by atoms with Crippen molar-refractivity contribution in [3.8, 4) is 0 Å². The van der Waals surface area contributed by atoms with E-state index in [2.05, 4.69) is 21.2 Å². The summed E-state index contributed by atoms with van der Waals surface area (Å²) in [5, 5.41) is 3.04. The van der Waals surface area contributed by atoms with Crippen molar-refractivity contribution in [2.75, 3.05) is 19.0 Å². The summed E-state index contributed by atoms with van der Waals surface area (Å²) in [4.78, 5) is 13.2. The zero-order valence-corrected chi connectivity index (χ0v) is 10.7. The van der Waals surface area contributed by atoms with Gasteiger partial charge in [-0.2, -0.15) is 0 Å². The summed E-state index contributed by atoms with van der Waals surface area (Å²) in [5.74, 6) is -0.269. The van der Waals surface area contributed by atoms with E-state index in [-0.39, 0.29) is 5.97 Å². The topological polar surface area (TPSA) is 38.3 Å². The Morgan fingerprint density at radius 3 is 2.71 bits per heavy atom. The molecule has 14 heavy (non-hydrogen) atoms. The number of halogens is 1. The predicted octanol–water partition coefficient (Wildman–Crippen LogP) is 3.04. The molecule has 78 valence electrons. The first-order chi connectivity index (χ1) is 6.61. The van der Waals surface area contributed by atoms with Crippen molar-refractivity contribution in [1.29, 1.82) is 0 Å². The lowest BCUT2D eigenvalue weighted by Gasteiger charge is -2.00. The zero-order valence-electron chi connectivity index (χ0n) is 8.31. The molecule has 0 amide bonds. The number of hydrogen-bond donors (Lipinski definition) is 1. The fraction of sp³-hybridized carbons (Fsp3) is 0.444. The summed E-state index contributed by atoms with van der Waals surface area (Å²) >= 11 is 4.81. The molecular weight excluding hydrogens is 266 g/mol. The van der Waals surface area contributed by atoms with E-state index >= 15 is 0 Å². The molecule has 1 N–H and O–H groups in total. The van der Waals surface area contributed by atoms with Crippen LogP contribution in [-0.2, 0) is 4.74 Å². The average molecular weight is 278 g/mol. The number of aryl methyl sites for hydroxylation is 1. The standard InChI is InChI=1S/C9H12BrNO2S/c1-4-13-9(12)8-6(10)7(11-3)5(2)14-8/h11H,4H2,1-3H3. The molecule has 1 aromatic rings. The number of hydrogen-bond acceptors (Lipinski definition) is 4. The van der Waals surface area contributed by atoms with Crippen molar-refractivity contribution in [3.63, 3.8) is 0 Å². The van der Waals surface area contributed by atoms with Gasteiger partial charge in [0.1, 0.15) is 4.88 Å². The van der Waals surface area contributed by atoms with Crippen LogP contribution >= 0.6 is 27.3 Å². The maximum atomic E-state index is 11.5. The van der Waals surface area contributed by atoms with Crippen LogP contribution in [0, 0.1) is 6.92 Å². The molecule has 0 aliphatic heterocycles.